The van der Waals surface area contributed by atoms with E-state index in [4.69, 9.17) is 4.74 Å². The number of hydrogen-bond acceptors (Lipinski definition) is 4. The molecule has 1 aromatic rings. The first-order valence-electron chi connectivity index (χ1n) is 7.51. The summed E-state index contributed by atoms with van der Waals surface area (Å²) < 4.78 is 29.8. The summed E-state index contributed by atoms with van der Waals surface area (Å²) in [6, 6.07) is 7.64. The molecule has 0 radical (unpaired) electrons. The van der Waals surface area contributed by atoms with Crippen LogP contribution in [0.2, 0.25) is 0 Å². The van der Waals surface area contributed by atoms with Gasteiger partial charge in [-0.15, -0.1) is 0 Å². The van der Waals surface area contributed by atoms with Crippen molar-refractivity contribution in [3.05, 3.63) is 29.8 Å². The number of sulfone groups is 1. The van der Waals surface area contributed by atoms with Crippen molar-refractivity contribution < 1.29 is 18.3 Å². The molecule has 21 heavy (non-hydrogen) atoms. The standard InChI is InChI=1S/C16H22O4S/c1-20-13-5-2-4-12(8-13)9-16(17)10-14-6-3-7-15(11-16)21(14,18)19/h2,4-5,8,14-15,17H,3,6-7,9-11H2,1H3. The number of ether oxygens (including phenoxy) is 1. The predicted molar refractivity (Wildman–Crippen MR) is 81.2 cm³/mol. The number of benzene rings is 1. The molecule has 1 aromatic carbocycles. The molecule has 2 aliphatic rings. The van der Waals surface area contributed by atoms with Crippen molar-refractivity contribution in [2.45, 2.75) is 54.6 Å². The number of aliphatic hydroxyl groups is 1. The Kier molecular flexibility index (Phi) is 3.74. The normalized spacial score (nSPS) is 34.4. The van der Waals surface area contributed by atoms with Crippen molar-refractivity contribution >= 4 is 9.84 Å². The summed E-state index contributed by atoms with van der Waals surface area (Å²) in [5.41, 5.74) is 0.0854. The Bertz CT molecular complexity index is 603. The number of rotatable bonds is 3. The molecule has 116 valence electrons. The molecule has 5 heteroatoms. The lowest BCUT2D eigenvalue weighted by Crippen LogP contribution is -2.52. The second-order valence-electron chi connectivity index (χ2n) is 6.42. The largest absolute Gasteiger partial charge is 0.497 e. The van der Waals surface area contributed by atoms with E-state index in [1.807, 2.05) is 24.3 Å². The zero-order valence-electron chi connectivity index (χ0n) is 12.3. The third-order valence-corrected chi connectivity index (χ3v) is 7.53. The molecule has 0 aromatic heterocycles. The molecule has 2 aliphatic heterocycles. The van der Waals surface area contributed by atoms with Crippen molar-refractivity contribution in [1.29, 1.82) is 0 Å². The molecule has 0 spiro atoms. The second kappa shape index (κ2) is 5.29. The van der Waals surface area contributed by atoms with Gasteiger partial charge in [-0.25, -0.2) is 8.42 Å². The molecular weight excluding hydrogens is 288 g/mol. The maximum absolute atomic E-state index is 12.3. The fourth-order valence-electron chi connectivity index (χ4n) is 3.85. The Balaban J connectivity index is 1.82. The van der Waals surface area contributed by atoms with Gasteiger partial charge in [0.25, 0.3) is 0 Å². The van der Waals surface area contributed by atoms with E-state index in [2.05, 4.69) is 0 Å². The Morgan fingerprint density at radius 3 is 2.57 bits per heavy atom. The minimum Gasteiger partial charge on any atom is -0.497 e. The van der Waals surface area contributed by atoms with Gasteiger partial charge < -0.3 is 9.84 Å². The summed E-state index contributed by atoms with van der Waals surface area (Å²) in [5.74, 6) is 0.764. The average Bonchev–Trinajstić information content (AvgIpc) is 2.41. The summed E-state index contributed by atoms with van der Waals surface area (Å²) >= 11 is 0. The second-order valence-corrected chi connectivity index (χ2v) is 8.94. The number of fused-ring (bicyclic) bond motifs is 2. The lowest BCUT2D eigenvalue weighted by molar-refractivity contribution is 0.00987. The molecule has 4 nitrogen and oxygen atoms in total. The van der Waals surface area contributed by atoms with E-state index < -0.39 is 15.4 Å². The summed E-state index contributed by atoms with van der Waals surface area (Å²) in [5, 5.41) is 10.2. The van der Waals surface area contributed by atoms with E-state index in [-0.39, 0.29) is 10.5 Å². The molecule has 2 fully saturated rings. The minimum absolute atomic E-state index is 0.361. The van der Waals surface area contributed by atoms with Crippen LogP contribution in [0.4, 0.5) is 0 Å². The van der Waals surface area contributed by atoms with Crippen LogP contribution in [0.15, 0.2) is 24.3 Å². The van der Waals surface area contributed by atoms with Crippen molar-refractivity contribution in [2.75, 3.05) is 7.11 Å². The molecule has 1 N–H and O–H groups in total. The summed E-state index contributed by atoms with van der Waals surface area (Å²) in [7, 11) is -1.41. The maximum Gasteiger partial charge on any atom is 0.156 e. The Morgan fingerprint density at radius 2 is 1.95 bits per heavy atom. The highest BCUT2D eigenvalue weighted by Crippen LogP contribution is 2.42. The topological polar surface area (TPSA) is 63.6 Å². The van der Waals surface area contributed by atoms with Crippen LogP contribution in [0.3, 0.4) is 0 Å². The van der Waals surface area contributed by atoms with Gasteiger partial charge in [-0.05, 0) is 43.4 Å². The quantitative estimate of drug-likeness (QED) is 0.928. The molecule has 0 saturated carbocycles. The van der Waals surface area contributed by atoms with Gasteiger partial charge in [-0.2, -0.15) is 0 Å². The van der Waals surface area contributed by atoms with Crippen molar-refractivity contribution in [1.82, 2.24) is 0 Å². The number of methoxy groups -OCH3 is 1. The molecule has 0 aliphatic carbocycles. The van der Waals surface area contributed by atoms with Crippen LogP contribution in [0, 0.1) is 0 Å². The van der Waals surface area contributed by atoms with Gasteiger partial charge >= 0.3 is 0 Å². The lowest BCUT2D eigenvalue weighted by atomic mass is 9.81. The third kappa shape index (κ3) is 2.81. The SMILES string of the molecule is COc1cccc(CC2(O)CC3CCCC(C2)S3(=O)=O)c1. The van der Waals surface area contributed by atoms with Crippen LogP contribution in [-0.4, -0.2) is 36.7 Å². The molecule has 2 bridgehead atoms. The minimum atomic E-state index is -3.03. The van der Waals surface area contributed by atoms with Gasteiger partial charge in [0.2, 0.25) is 0 Å². The van der Waals surface area contributed by atoms with Crippen LogP contribution in [0.5, 0.6) is 5.75 Å². The maximum atomic E-state index is 12.3. The van der Waals surface area contributed by atoms with Gasteiger partial charge in [-0.1, -0.05) is 18.6 Å². The van der Waals surface area contributed by atoms with Crippen LogP contribution in [0.25, 0.3) is 0 Å². The van der Waals surface area contributed by atoms with Gasteiger partial charge in [0.1, 0.15) is 5.75 Å². The molecule has 2 unspecified atom stereocenters. The molecule has 2 heterocycles. The number of hydrogen-bond donors (Lipinski definition) is 1. The smallest absolute Gasteiger partial charge is 0.156 e. The Labute approximate surface area is 126 Å². The van der Waals surface area contributed by atoms with Crippen LogP contribution in [-0.2, 0) is 16.3 Å². The Morgan fingerprint density at radius 1 is 1.29 bits per heavy atom. The first-order valence-corrected chi connectivity index (χ1v) is 9.12. The van der Waals surface area contributed by atoms with E-state index in [1.165, 1.54) is 0 Å². The fourth-order valence-corrected chi connectivity index (χ4v) is 6.47. The first kappa shape index (κ1) is 14.9. The highest BCUT2D eigenvalue weighted by Gasteiger charge is 2.50. The van der Waals surface area contributed by atoms with E-state index in [0.717, 1.165) is 17.7 Å². The van der Waals surface area contributed by atoms with Crippen molar-refractivity contribution in [3.8, 4) is 5.75 Å². The van der Waals surface area contributed by atoms with E-state index in [1.54, 1.807) is 7.11 Å². The lowest BCUT2D eigenvalue weighted by Gasteiger charge is -2.44. The summed E-state index contributed by atoms with van der Waals surface area (Å²) in [6.07, 6.45) is 3.57. The first-order chi connectivity index (χ1) is 9.93. The summed E-state index contributed by atoms with van der Waals surface area (Å²) in [6.45, 7) is 0. The predicted octanol–water partition coefficient (Wildman–Crippen LogP) is 2.10. The van der Waals surface area contributed by atoms with Crippen molar-refractivity contribution in [3.63, 3.8) is 0 Å². The molecule has 2 atom stereocenters. The zero-order valence-corrected chi connectivity index (χ0v) is 13.1. The Hall–Kier alpha value is -1.07. The van der Waals surface area contributed by atoms with Crippen LogP contribution in [0.1, 0.15) is 37.7 Å². The summed E-state index contributed by atoms with van der Waals surface area (Å²) in [4.78, 5) is 0. The molecule has 3 rings (SSSR count). The van der Waals surface area contributed by atoms with E-state index >= 15 is 0 Å². The van der Waals surface area contributed by atoms with Crippen LogP contribution >= 0.6 is 0 Å². The van der Waals surface area contributed by atoms with Gasteiger partial charge in [0.05, 0.1) is 23.2 Å². The van der Waals surface area contributed by atoms with Gasteiger partial charge in [-0.3, -0.25) is 0 Å². The van der Waals surface area contributed by atoms with Crippen LogP contribution < -0.4 is 4.74 Å². The zero-order chi connectivity index (χ0) is 15.1. The van der Waals surface area contributed by atoms with Gasteiger partial charge in [0, 0.05) is 6.42 Å². The van der Waals surface area contributed by atoms with Crippen molar-refractivity contribution in [2.24, 2.45) is 0 Å². The van der Waals surface area contributed by atoms with E-state index in [9.17, 15) is 13.5 Å². The molecule has 0 amide bonds. The monoisotopic (exact) mass is 310 g/mol. The highest BCUT2D eigenvalue weighted by molar-refractivity contribution is 7.92. The third-order valence-electron chi connectivity index (χ3n) is 4.86. The average molecular weight is 310 g/mol. The van der Waals surface area contributed by atoms with E-state index in [0.29, 0.717) is 32.1 Å². The molecular formula is C16H22O4S. The van der Waals surface area contributed by atoms with Gasteiger partial charge in [0.15, 0.2) is 9.84 Å². The fraction of sp³-hybridized carbons (Fsp3) is 0.625. The molecule has 2 saturated heterocycles. The highest BCUT2D eigenvalue weighted by atomic mass is 32.2.